The molecule has 25 heavy (non-hydrogen) atoms. The number of pyridine rings is 1. The van der Waals surface area contributed by atoms with Crippen molar-refractivity contribution in [3.63, 3.8) is 0 Å². The highest BCUT2D eigenvalue weighted by Crippen LogP contribution is 2.25. The van der Waals surface area contributed by atoms with Crippen molar-refractivity contribution in [3.05, 3.63) is 77.6 Å². The molecule has 0 radical (unpaired) electrons. The number of aryl methyl sites for hydroxylation is 1. The zero-order valence-electron chi connectivity index (χ0n) is 13.8. The number of aromatic hydroxyl groups is 1. The van der Waals surface area contributed by atoms with Gasteiger partial charge in [-0.15, -0.1) is 0 Å². The fourth-order valence-electron chi connectivity index (χ4n) is 2.89. The van der Waals surface area contributed by atoms with Crippen LogP contribution in [0.15, 0.2) is 66.5 Å². The average molecular weight is 333 g/mol. The fourth-order valence-corrected chi connectivity index (χ4v) is 2.89. The summed E-state index contributed by atoms with van der Waals surface area (Å²) >= 11 is 0. The van der Waals surface area contributed by atoms with Gasteiger partial charge < -0.3 is 5.11 Å². The summed E-state index contributed by atoms with van der Waals surface area (Å²) in [4.78, 5) is 28.6. The zero-order chi connectivity index (χ0) is 17.6. The van der Waals surface area contributed by atoms with Crippen LogP contribution in [0.2, 0.25) is 0 Å². The molecule has 0 bridgehead atoms. The van der Waals surface area contributed by atoms with E-state index in [0.29, 0.717) is 12.8 Å². The first-order chi connectivity index (χ1) is 12.1. The predicted molar refractivity (Wildman–Crippen MR) is 96.0 cm³/mol. The first kappa shape index (κ1) is 16.8. The normalized spacial score (nSPS) is 14.0. The van der Waals surface area contributed by atoms with Gasteiger partial charge in [-0.25, -0.2) is 0 Å². The molecule has 0 saturated heterocycles. The molecular weight excluding hydrogens is 314 g/mol. The molecule has 126 valence electrons. The van der Waals surface area contributed by atoms with E-state index in [0.717, 1.165) is 16.7 Å². The highest BCUT2D eigenvalue weighted by atomic mass is 16.3. The average Bonchev–Trinajstić information content (AvgIpc) is 2.64. The molecule has 0 fully saturated rings. The highest BCUT2D eigenvalue weighted by molar-refractivity contribution is 6.23. The Balaban J connectivity index is 1.66. The zero-order valence-corrected chi connectivity index (χ0v) is 13.8. The van der Waals surface area contributed by atoms with Gasteiger partial charge in [0.05, 0.1) is 5.57 Å². The summed E-state index contributed by atoms with van der Waals surface area (Å²) in [6.45, 7) is 0. The fraction of sp³-hybridized carbons (Fsp3) is 0.190. The number of ketones is 2. The summed E-state index contributed by atoms with van der Waals surface area (Å²) in [5.74, 6) is -0.0312. The summed E-state index contributed by atoms with van der Waals surface area (Å²) in [6.07, 6.45) is 8.63. The molecule has 0 unspecified atom stereocenters. The van der Waals surface area contributed by atoms with E-state index in [1.54, 1.807) is 30.6 Å². The quantitative estimate of drug-likeness (QED) is 0.819. The van der Waals surface area contributed by atoms with Crippen molar-refractivity contribution >= 4 is 17.1 Å². The van der Waals surface area contributed by atoms with Crippen LogP contribution in [0.25, 0.3) is 5.57 Å². The van der Waals surface area contributed by atoms with Crippen molar-refractivity contribution in [1.82, 2.24) is 4.98 Å². The van der Waals surface area contributed by atoms with Crippen LogP contribution in [0.4, 0.5) is 0 Å². The Labute approximate surface area is 146 Å². The molecule has 1 aliphatic carbocycles. The van der Waals surface area contributed by atoms with Gasteiger partial charge in [-0.3, -0.25) is 14.6 Å². The Bertz CT molecular complexity index is 850. The smallest absolute Gasteiger partial charge is 0.170 e. The number of allylic oxidation sites excluding steroid dienone is 4. The minimum absolute atomic E-state index is 0.134. The molecule has 0 aliphatic heterocycles. The van der Waals surface area contributed by atoms with E-state index in [-0.39, 0.29) is 35.7 Å². The van der Waals surface area contributed by atoms with Gasteiger partial charge in [-0.05, 0) is 53.8 Å². The number of phenols is 1. The number of hydrogen-bond acceptors (Lipinski definition) is 4. The molecule has 0 amide bonds. The van der Waals surface area contributed by atoms with Crippen LogP contribution >= 0.6 is 0 Å². The molecule has 0 spiro atoms. The van der Waals surface area contributed by atoms with E-state index >= 15 is 0 Å². The molecule has 1 aliphatic rings. The number of carbonyl (C=O) groups is 2. The number of carbonyl (C=O) groups excluding carboxylic acids is 2. The van der Waals surface area contributed by atoms with E-state index in [9.17, 15) is 14.7 Å². The monoisotopic (exact) mass is 333 g/mol. The molecule has 4 nitrogen and oxygen atoms in total. The molecular formula is C21H19NO3. The number of benzene rings is 1. The van der Waals surface area contributed by atoms with Gasteiger partial charge in [0.15, 0.2) is 11.6 Å². The van der Waals surface area contributed by atoms with Crippen molar-refractivity contribution < 1.29 is 14.7 Å². The van der Waals surface area contributed by atoms with Crippen LogP contribution in [0.1, 0.15) is 30.4 Å². The lowest BCUT2D eigenvalue weighted by Crippen LogP contribution is -2.15. The molecule has 0 atom stereocenters. The van der Waals surface area contributed by atoms with Crippen LogP contribution in [0.3, 0.4) is 0 Å². The maximum atomic E-state index is 12.5. The second kappa shape index (κ2) is 7.71. The van der Waals surface area contributed by atoms with Crippen molar-refractivity contribution in [2.24, 2.45) is 0 Å². The minimum atomic E-state index is -0.139. The topological polar surface area (TPSA) is 67.3 Å². The first-order valence-electron chi connectivity index (χ1n) is 8.30. The Morgan fingerprint density at radius 3 is 2.64 bits per heavy atom. The van der Waals surface area contributed by atoms with Crippen molar-refractivity contribution in [2.75, 3.05) is 0 Å². The number of aromatic nitrogens is 1. The standard InChI is InChI=1S/C21H19NO3/c23-19-6-2-1-4-16(19)5-3-7-20(24)18-14-17(8-9-21(18)25)15-10-12-22-13-11-15/h1-2,4,6,8,10-14,23H,3,5,7,9H2. The molecule has 1 heterocycles. The van der Waals surface area contributed by atoms with E-state index < -0.39 is 0 Å². The summed E-state index contributed by atoms with van der Waals surface area (Å²) in [6, 6.07) is 10.8. The van der Waals surface area contributed by atoms with Crippen LogP contribution in [-0.2, 0) is 16.0 Å². The molecule has 3 rings (SSSR count). The number of Topliss-reactive ketones (excluding diaryl/α,β-unsaturated/α-hetero) is 2. The number of rotatable bonds is 6. The lowest BCUT2D eigenvalue weighted by atomic mass is 9.90. The number of phenolic OH excluding ortho intramolecular Hbond substituents is 1. The molecule has 1 aromatic carbocycles. The van der Waals surface area contributed by atoms with Gasteiger partial charge >= 0.3 is 0 Å². The number of para-hydroxylation sites is 1. The molecule has 1 N–H and O–H groups in total. The van der Waals surface area contributed by atoms with Crippen LogP contribution in [0.5, 0.6) is 5.75 Å². The summed E-state index contributed by atoms with van der Waals surface area (Å²) in [5, 5.41) is 9.76. The first-order valence-corrected chi connectivity index (χ1v) is 8.30. The Morgan fingerprint density at radius 2 is 1.88 bits per heavy atom. The third-order valence-electron chi connectivity index (χ3n) is 4.26. The van der Waals surface area contributed by atoms with Gasteiger partial charge in [0.2, 0.25) is 0 Å². The SMILES string of the molecule is O=C1CC=C(c2ccncc2)C=C1C(=O)CCCc1ccccc1O. The third-order valence-corrected chi connectivity index (χ3v) is 4.26. The Kier molecular flexibility index (Phi) is 5.19. The Hall–Kier alpha value is -3.01. The second-order valence-corrected chi connectivity index (χ2v) is 5.99. The van der Waals surface area contributed by atoms with E-state index in [4.69, 9.17) is 0 Å². The van der Waals surface area contributed by atoms with Gasteiger partial charge in [0.1, 0.15) is 5.75 Å². The second-order valence-electron chi connectivity index (χ2n) is 5.99. The number of hydrogen-bond donors (Lipinski definition) is 1. The largest absolute Gasteiger partial charge is 0.508 e. The van der Waals surface area contributed by atoms with Crippen molar-refractivity contribution in [3.8, 4) is 5.75 Å². The highest BCUT2D eigenvalue weighted by Gasteiger charge is 2.21. The minimum Gasteiger partial charge on any atom is -0.508 e. The van der Waals surface area contributed by atoms with Gasteiger partial charge in [0, 0.05) is 25.2 Å². The van der Waals surface area contributed by atoms with E-state index in [2.05, 4.69) is 4.98 Å². The van der Waals surface area contributed by atoms with Crippen molar-refractivity contribution in [1.29, 1.82) is 0 Å². The van der Waals surface area contributed by atoms with Crippen LogP contribution in [-0.4, -0.2) is 21.7 Å². The summed E-state index contributed by atoms with van der Waals surface area (Å²) in [5.41, 5.74) is 2.91. The summed E-state index contributed by atoms with van der Waals surface area (Å²) < 4.78 is 0. The molecule has 1 aromatic heterocycles. The molecule has 2 aromatic rings. The lowest BCUT2D eigenvalue weighted by Gasteiger charge is -2.12. The third kappa shape index (κ3) is 4.10. The van der Waals surface area contributed by atoms with Crippen LogP contribution in [0, 0.1) is 0 Å². The number of nitrogens with zero attached hydrogens (tertiary/aromatic N) is 1. The van der Waals surface area contributed by atoms with Crippen LogP contribution < -0.4 is 0 Å². The summed E-state index contributed by atoms with van der Waals surface area (Å²) in [7, 11) is 0. The maximum absolute atomic E-state index is 12.5. The molecule has 4 heteroatoms. The lowest BCUT2D eigenvalue weighted by molar-refractivity contribution is -0.121. The predicted octanol–water partition coefficient (Wildman–Crippen LogP) is 3.66. The maximum Gasteiger partial charge on any atom is 0.170 e. The van der Waals surface area contributed by atoms with Gasteiger partial charge in [0.25, 0.3) is 0 Å². The molecule has 0 saturated carbocycles. The van der Waals surface area contributed by atoms with Gasteiger partial charge in [-0.1, -0.05) is 24.3 Å². The van der Waals surface area contributed by atoms with Crippen molar-refractivity contribution in [2.45, 2.75) is 25.7 Å². The van der Waals surface area contributed by atoms with E-state index in [1.807, 2.05) is 30.3 Å². The van der Waals surface area contributed by atoms with Gasteiger partial charge in [-0.2, -0.15) is 0 Å². The van der Waals surface area contributed by atoms with E-state index in [1.165, 1.54) is 0 Å². The Morgan fingerprint density at radius 1 is 1.12 bits per heavy atom.